The summed E-state index contributed by atoms with van der Waals surface area (Å²) in [6, 6.07) is 11.3. The Morgan fingerprint density at radius 3 is 2.82 bits per heavy atom. The molecule has 0 unspecified atom stereocenters. The first kappa shape index (κ1) is 14.4. The van der Waals surface area contributed by atoms with Crippen molar-refractivity contribution in [3.05, 3.63) is 54.4 Å². The molecule has 1 aliphatic heterocycles. The maximum Gasteiger partial charge on any atom is 0.227 e. The Kier molecular flexibility index (Phi) is 4.23. The molecule has 22 heavy (non-hydrogen) atoms. The highest BCUT2D eigenvalue weighted by molar-refractivity contribution is 5.80. The number of methoxy groups -OCH3 is 1. The summed E-state index contributed by atoms with van der Waals surface area (Å²) in [5.41, 5.74) is 0.909. The number of carbonyl (C=O) groups is 1. The van der Waals surface area contributed by atoms with E-state index in [4.69, 9.17) is 9.47 Å². The Balaban J connectivity index is 1.51. The van der Waals surface area contributed by atoms with Crippen molar-refractivity contribution < 1.29 is 14.3 Å². The second-order valence-corrected chi connectivity index (χ2v) is 5.22. The van der Waals surface area contributed by atoms with Crippen molar-refractivity contribution in [3.63, 3.8) is 0 Å². The summed E-state index contributed by atoms with van der Waals surface area (Å²) in [7, 11) is 1.62. The van der Waals surface area contributed by atoms with Gasteiger partial charge in [-0.25, -0.2) is 0 Å². The van der Waals surface area contributed by atoms with Crippen LogP contribution in [0.2, 0.25) is 0 Å². The third kappa shape index (κ3) is 3.19. The summed E-state index contributed by atoms with van der Waals surface area (Å²) in [6.07, 6.45) is 3.78. The molecule has 1 aromatic carbocycles. The molecular weight excluding hydrogens is 280 g/mol. The smallest absolute Gasteiger partial charge is 0.227 e. The molecule has 0 aliphatic carbocycles. The van der Waals surface area contributed by atoms with Gasteiger partial charge < -0.3 is 14.4 Å². The van der Waals surface area contributed by atoms with Crippen LogP contribution in [0.15, 0.2) is 48.8 Å². The zero-order chi connectivity index (χ0) is 15.4. The lowest BCUT2D eigenvalue weighted by Crippen LogP contribution is -2.56. The minimum absolute atomic E-state index is 0.0471. The summed E-state index contributed by atoms with van der Waals surface area (Å²) >= 11 is 0. The molecule has 3 rings (SSSR count). The number of ether oxygens (including phenoxy) is 2. The highest BCUT2D eigenvalue weighted by Gasteiger charge is 2.32. The lowest BCUT2D eigenvalue weighted by Gasteiger charge is -2.39. The van der Waals surface area contributed by atoms with Gasteiger partial charge in [0.1, 0.15) is 17.6 Å². The van der Waals surface area contributed by atoms with E-state index in [1.807, 2.05) is 36.4 Å². The molecule has 5 heteroatoms. The lowest BCUT2D eigenvalue weighted by atomic mass is 10.1. The number of aromatic nitrogens is 1. The van der Waals surface area contributed by atoms with Crippen LogP contribution in [0.25, 0.3) is 0 Å². The second kappa shape index (κ2) is 6.47. The van der Waals surface area contributed by atoms with Gasteiger partial charge in [-0.1, -0.05) is 18.2 Å². The third-order valence-electron chi connectivity index (χ3n) is 3.67. The third-order valence-corrected chi connectivity index (χ3v) is 3.67. The SMILES string of the molecule is COc1ccccc1CC(=O)N1CC(Oc2cccnc2)C1. The fraction of sp³-hybridized carbons (Fsp3) is 0.294. The molecule has 1 fully saturated rings. The van der Waals surface area contributed by atoms with Crippen molar-refractivity contribution in [1.29, 1.82) is 0 Å². The average molecular weight is 298 g/mol. The highest BCUT2D eigenvalue weighted by atomic mass is 16.5. The Labute approximate surface area is 129 Å². The van der Waals surface area contributed by atoms with Gasteiger partial charge in [0, 0.05) is 11.8 Å². The largest absolute Gasteiger partial charge is 0.496 e. The van der Waals surface area contributed by atoms with Crippen LogP contribution in [0.1, 0.15) is 5.56 Å². The van der Waals surface area contributed by atoms with Crippen molar-refractivity contribution in [1.82, 2.24) is 9.88 Å². The monoisotopic (exact) mass is 298 g/mol. The van der Waals surface area contributed by atoms with E-state index in [2.05, 4.69) is 4.98 Å². The Bertz CT molecular complexity index is 639. The van der Waals surface area contributed by atoms with Gasteiger partial charge in [-0.15, -0.1) is 0 Å². The molecule has 1 saturated heterocycles. The quantitative estimate of drug-likeness (QED) is 0.846. The number of nitrogens with zero attached hydrogens (tertiary/aromatic N) is 2. The van der Waals surface area contributed by atoms with Crippen molar-refractivity contribution >= 4 is 5.91 Å². The van der Waals surface area contributed by atoms with E-state index in [-0.39, 0.29) is 12.0 Å². The zero-order valence-electron chi connectivity index (χ0n) is 12.4. The zero-order valence-corrected chi connectivity index (χ0v) is 12.4. The van der Waals surface area contributed by atoms with Crippen LogP contribution >= 0.6 is 0 Å². The van der Waals surface area contributed by atoms with Crippen molar-refractivity contribution in [2.45, 2.75) is 12.5 Å². The average Bonchev–Trinajstić information content (AvgIpc) is 2.52. The van der Waals surface area contributed by atoms with E-state index in [1.54, 1.807) is 24.4 Å². The normalized spacial score (nSPS) is 14.3. The van der Waals surface area contributed by atoms with Gasteiger partial charge in [0.15, 0.2) is 0 Å². The summed E-state index contributed by atoms with van der Waals surface area (Å²) in [6.45, 7) is 1.23. The lowest BCUT2D eigenvalue weighted by molar-refractivity contribution is -0.139. The molecule has 114 valence electrons. The van der Waals surface area contributed by atoms with Crippen LogP contribution in [0.4, 0.5) is 0 Å². The number of hydrogen-bond acceptors (Lipinski definition) is 4. The molecule has 1 aliphatic rings. The Hall–Kier alpha value is -2.56. The molecule has 5 nitrogen and oxygen atoms in total. The van der Waals surface area contributed by atoms with Crippen LogP contribution in [0.5, 0.6) is 11.5 Å². The molecule has 0 radical (unpaired) electrons. The molecule has 2 aromatic rings. The second-order valence-electron chi connectivity index (χ2n) is 5.22. The fourth-order valence-electron chi connectivity index (χ4n) is 2.45. The van der Waals surface area contributed by atoms with E-state index in [0.717, 1.165) is 17.1 Å². The molecule has 0 bridgehead atoms. The number of rotatable bonds is 5. The molecule has 0 N–H and O–H groups in total. The molecule has 0 saturated carbocycles. The molecule has 1 amide bonds. The van der Waals surface area contributed by atoms with Crippen LogP contribution in [0, 0.1) is 0 Å². The van der Waals surface area contributed by atoms with Gasteiger partial charge in [-0.3, -0.25) is 9.78 Å². The number of amides is 1. The predicted molar refractivity (Wildman–Crippen MR) is 81.9 cm³/mol. The number of pyridine rings is 1. The van der Waals surface area contributed by atoms with E-state index in [1.165, 1.54) is 0 Å². The van der Waals surface area contributed by atoms with Crippen LogP contribution in [-0.2, 0) is 11.2 Å². The topological polar surface area (TPSA) is 51.7 Å². The van der Waals surface area contributed by atoms with Gasteiger partial charge in [-0.05, 0) is 18.2 Å². The fourth-order valence-corrected chi connectivity index (χ4v) is 2.45. The molecule has 1 aromatic heterocycles. The number of benzene rings is 1. The van der Waals surface area contributed by atoms with E-state index >= 15 is 0 Å². The first-order valence-electron chi connectivity index (χ1n) is 7.22. The first-order valence-corrected chi connectivity index (χ1v) is 7.22. The molecule has 2 heterocycles. The van der Waals surface area contributed by atoms with Crippen molar-refractivity contribution in [2.24, 2.45) is 0 Å². The Morgan fingerprint density at radius 2 is 2.09 bits per heavy atom. The summed E-state index contributed by atoms with van der Waals surface area (Å²) in [5, 5.41) is 0. The maximum atomic E-state index is 12.3. The summed E-state index contributed by atoms with van der Waals surface area (Å²) in [5.74, 6) is 1.58. The number of likely N-dealkylation sites (tertiary alicyclic amines) is 1. The van der Waals surface area contributed by atoms with Gasteiger partial charge in [0.25, 0.3) is 0 Å². The molecule has 0 atom stereocenters. The van der Waals surface area contributed by atoms with Crippen molar-refractivity contribution in [3.8, 4) is 11.5 Å². The van der Waals surface area contributed by atoms with E-state index in [9.17, 15) is 4.79 Å². The van der Waals surface area contributed by atoms with E-state index in [0.29, 0.717) is 19.5 Å². The van der Waals surface area contributed by atoms with Crippen LogP contribution in [0.3, 0.4) is 0 Å². The minimum atomic E-state index is 0.0471. The van der Waals surface area contributed by atoms with Gasteiger partial charge in [0.05, 0.1) is 32.8 Å². The number of para-hydroxylation sites is 1. The standard InChI is InChI=1S/C17H18N2O3/c1-21-16-7-3-2-5-13(16)9-17(20)19-11-15(12-19)22-14-6-4-8-18-10-14/h2-8,10,15H,9,11-12H2,1H3. The molecule has 0 spiro atoms. The van der Waals surface area contributed by atoms with Gasteiger partial charge >= 0.3 is 0 Å². The van der Waals surface area contributed by atoms with Crippen molar-refractivity contribution in [2.75, 3.05) is 20.2 Å². The van der Waals surface area contributed by atoms with Gasteiger partial charge in [-0.2, -0.15) is 0 Å². The van der Waals surface area contributed by atoms with Crippen LogP contribution < -0.4 is 9.47 Å². The summed E-state index contributed by atoms with van der Waals surface area (Å²) in [4.78, 5) is 18.1. The summed E-state index contributed by atoms with van der Waals surface area (Å²) < 4.78 is 11.0. The van der Waals surface area contributed by atoms with Crippen LogP contribution in [-0.4, -0.2) is 42.1 Å². The predicted octanol–water partition coefficient (Wildman–Crippen LogP) is 1.92. The van der Waals surface area contributed by atoms with Gasteiger partial charge in [0.2, 0.25) is 5.91 Å². The highest BCUT2D eigenvalue weighted by Crippen LogP contribution is 2.21. The first-order chi connectivity index (χ1) is 10.8. The number of hydrogen-bond donors (Lipinski definition) is 0. The van der Waals surface area contributed by atoms with E-state index < -0.39 is 0 Å². The maximum absolute atomic E-state index is 12.3. The molecular formula is C17H18N2O3. The minimum Gasteiger partial charge on any atom is -0.496 e. The Morgan fingerprint density at radius 1 is 1.27 bits per heavy atom. The number of carbonyl (C=O) groups excluding carboxylic acids is 1.